The highest BCUT2D eigenvalue weighted by atomic mass is 35.5. The third-order valence-electron chi connectivity index (χ3n) is 3.95. The second kappa shape index (κ2) is 6.76. The van der Waals surface area contributed by atoms with Crippen LogP contribution in [0.25, 0.3) is 0 Å². The topological polar surface area (TPSA) is 20.3 Å². The van der Waals surface area contributed by atoms with E-state index in [9.17, 15) is 4.79 Å². The van der Waals surface area contributed by atoms with Gasteiger partial charge in [-0.1, -0.05) is 53.9 Å². The summed E-state index contributed by atoms with van der Waals surface area (Å²) in [7, 11) is 0. The van der Waals surface area contributed by atoms with Crippen molar-refractivity contribution in [2.45, 2.75) is 30.9 Å². The van der Waals surface area contributed by atoms with Crippen LogP contribution in [0.4, 0.5) is 5.69 Å². The molecule has 2 unspecified atom stereocenters. The van der Waals surface area contributed by atoms with Crippen LogP contribution >= 0.6 is 35.0 Å². The summed E-state index contributed by atoms with van der Waals surface area (Å²) < 4.78 is 0. The van der Waals surface area contributed by atoms with Gasteiger partial charge in [-0.3, -0.25) is 9.69 Å². The quantitative estimate of drug-likeness (QED) is 0.678. The van der Waals surface area contributed by atoms with Crippen LogP contribution in [0.3, 0.4) is 0 Å². The van der Waals surface area contributed by atoms with Crippen LogP contribution in [-0.4, -0.2) is 11.2 Å². The fourth-order valence-electron chi connectivity index (χ4n) is 2.70. The van der Waals surface area contributed by atoms with E-state index in [-0.39, 0.29) is 16.5 Å². The van der Waals surface area contributed by atoms with Crippen molar-refractivity contribution in [2.75, 3.05) is 4.90 Å². The predicted octanol–water partition coefficient (Wildman–Crippen LogP) is 5.86. The maximum atomic E-state index is 12.8. The minimum atomic E-state index is -0.125. The average Bonchev–Trinajstić information content (AvgIpc) is 2.85. The third-order valence-corrected chi connectivity index (χ3v) is 6.10. The number of carbonyl (C=O) groups is 1. The van der Waals surface area contributed by atoms with Crippen molar-refractivity contribution in [3.05, 3.63) is 63.6 Å². The van der Waals surface area contributed by atoms with Crippen molar-refractivity contribution in [3.8, 4) is 0 Å². The molecule has 5 heteroatoms. The molecule has 2 aromatic carbocycles. The highest BCUT2D eigenvalue weighted by molar-refractivity contribution is 8.01. The van der Waals surface area contributed by atoms with Crippen LogP contribution in [0.5, 0.6) is 0 Å². The molecule has 1 amide bonds. The zero-order chi connectivity index (χ0) is 16.6. The zero-order valence-electron chi connectivity index (χ0n) is 12.9. The first-order valence-corrected chi connectivity index (χ1v) is 9.21. The molecule has 1 aliphatic heterocycles. The number of nitrogens with zero attached hydrogens (tertiary/aromatic N) is 1. The number of anilines is 1. The van der Waals surface area contributed by atoms with Crippen LogP contribution in [0.15, 0.2) is 42.5 Å². The van der Waals surface area contributed by atoms with E-state index in [2.05, 4.69) is 0 Å². The molecule has 1 heterocycles. The highest BCUT2D eigenvalue weighted by Gasteiger charge is 2.41. The molecule has 2 nitrogen and oxygen atoms in total. The Morgan fingerprint density at radius 1 is 1.13 bits per heavy atom. The van der Waals surface area contributed by atoms with Crippen molar-refractivity contribution >= 4 is 46.6 Å². The Hall–Kier alpha value is -1.16. The van der Waals surface area contributed by atoms with E-state index >= 15 is 0 Å². The lowest BCUT2D eigenvalue weighted by Gasteiger charge is -2.25. The van der Waals surface area contributed by atoms with Gasteiger partial charge in [0.2, 0.25) is 5.91 Å². The van der Waals surface area contributed by atoms with Gasteiger partial charge in [0.25, 0.3) is 0 Å². The number of halogens is 2. The Kier molecular flexibility index (Phi) is 4.90. The first-order valence-electron chi connectivity index (χ1n) is 7.51. The number of amides is 1. The highest BCUT2D eigenvalue weighted by Crippen LogP contribution is 2.48. The van der Waals surface area contributed by atoms with E-state index in [4.69, 9.17) is 23.2 Å². The third kappa shape index (κ3) is 3.23. The van der Waals surface area contributed by atoms with E-state index in [0.29, 0.717) is 10.0 Å². The lowest BCUT2D eigenvalue weighted by atomic mass is 10.1. The molecule has 2 atom stereocenters. The van der Waals surface area contributed by atoms with Gasteiger partial charge in [-0.05, 0) is 37.6 Å². The summed E-state index contributed by atoms with van der Waals surface area (Å²) >= 11 is 14.0. The Bertz CT molecular complexity index is 732. The monoisotopic (exact) mass is 365 g/mol. The predicted molar refractivity (Wildman–Crippen MR) is 99.5 cm³/mol. The molecule has 0 aromatic heterocycles. The minimum Gasteiger partial charge on any atom is -0.295 e. The second-order valence-corrected chi connectivity index (χ2v) is 7.73. The van der Waals surface area contributed by atoms with E-state index in [1.54, 1.807) is 17.8 Å². The molecule has 0 bridgehead atoms. The standard InChI is InChI=1S/C18H17Cl2NOS/c1-3-16-17(22)21(13-7-4-11(2)5-8-13)18(23-16)14-9-6-12(19)10-15(14)20/h4-10,16,18H,3H2,1-2H3. The Labute approximate surface area is 150 Å². The molecule has 1 fully saturated rings. The summed E-state index contributed by atoms with van der Waals surface area (Å²) in [6, 6.07) is 13.5. The van der Waals surface area contributed by atoms with Gasteiger partial charge < -0.3 is 0 Å². The van der Waals surface area contributed by atoms with Crippen LogP contribution in [-0.2, 0) is 4.79 Å². The Morgan fingerprint density at radius 2 is 1.83 bits per heavy atom. The van der Waals surface area contributed by atoms with Crippen molar-refractivity contribution < 1.29 is 4.79 Å². The molecule has 0 spiro atoms. The fraction of sp³-hybridized carbons (Fsp3) is 0.278. The molecule has 0 radical (unpaired) electrons. The molecular weight excluding hydrogens is 349 g/mol. The van der Waals surface area contributed by atoms with Gasteiger partial charge in [0.15, 0.2) is 0 Å². The lowest BCUT2D eigenvalue weighted by Crippen LogP contribution is -2.30. The van der Waals surface area contributed by atoms with Gasteiger partial charge in [-0.15, -0.1) is 11.8 Å². The molecule has 2 aromatic rings. The number of rotatable bonds is 3. The first kappa shape index (κ1) is 16.7. The average molecular weight is 366 g/mol. The molecule has 0 aliphatic carbocycles. The summed E-state index contributed by atoms with van der Waals surface area (Å²) in [5, 5.41) is 1.02. The van der Waals surface area contributed by atoms with Gasteiger partial charge in [0, 0.05) is 21.3 Å². The number of carbonyl (C=O) groups excluding carboxylic acids is 1. The fourth-order valence-corrected chi connectivity index (χ4v) is 4.71. The van der Waals surface area contributed by atoms with E-state index in [0.717, 1.165) is 17.7 Å². The maximum absolute atomic E-state index is 12.8. The molecule has 1 aliphatic rings. The molecule has 23 heavy (non-hydrogen) atoms. The van der Waals surface area contributed by atoms with Crippen molar-refractivity contribution in [1.29, 1.82) is 0 Å². The summed E-state index contributed by atoms with van der Waals surface area (Å²) in [6.45, 7) is 4.07. The Balaban J connectivity index is 2.05. The van der Waals surface area contributed by atoms with Gasteiger partial charge in [0.1, 0.15) is 5.37 Å². The molecular formula is C18H17Cl2NOS. The summed E-state index contributed by atoms with van der Waals surface area (Å²) in [6.07, 6.45) is 0.799. The first-order chi connectivity index (χ1) is 11.0. The summed E-state index contributed by atoms with van der Waals surface area (Å²) in [5.74, 6) is 0.136. The largest absolute Gasteiger partial charge is 0.295 e. The SMILES string of the molecule is CCC1SC(c2ccc(Cl)cc2Cl)N(c2ccc(C)cc2)C1=O. The molecule has 0 saturated carbocycles. The van der Waals surface area contributed by atoms with Crippen LogP contribution in [0, 0.1) is 6.92 Å². The lowest BCUT2D eigenvalue weighted by molar-refractivity contribution is -0.117. The van der Waals surface area contributed by atoms with Gasteiger partial charge >= 0.3 is 0 Å². The van der Waals surface area contributed by atoms with Gasteiger partial charge in [0.05, 0.1) is 5.25 Å². The molecule has 120 valence electrons. The number of thioether (sulfide) groups is 1. The van der Waals surface area contributed by atoms with Crippen LogP contribution < -0.4 is 4.90 Å². The van der Waals surface area contributed by atoms with Crippen molar-refractivity contribution in [3.63, 3.8) is 0 Å². The number of hydrogen-bond donors (Lipinski definition) is 0. The molecule has 0 N–H and O–H groups in total. The normalized spacial score (nSPS) is 21.0. The summed E-state index contributed by atoms with van der Waals surface area (Å²) in [4.78, 5) is 14.7. The minimum absolute atomic E-state index is 0.0481. The zero-order valence-corrected chi connectivity index (χ0v) is 15.3. The summed E-state index contributed by atoms with van der Waals surface area (Å²) in [5.41, 5.74) is 2.99. The number of benzene rings is 2. The van der Waals surface area contributed by atoms with Gasteiger partial charge in [-0.2, -0.15) is 0 Å². The van der Waals surface area contributed by atoms with Crippen molar-refractivity contribution in [2.24, 2.45) is 0 Å². The van der Waals surface area contributed by atoms with E-state index < -0.39 is 0 Å². The van der Waals surface area contributed by atoms with E-state index in [1.165, 1.54) is 5.56 Å². The van der Waals surface area contributed by atoms with Crippen LogP contribution in [0.1, 0.15) is 29.8 Å². The van der Waals surface area contributed by atoms with E-state index in [1.807, 2.05) is 55.1 Å². The van der Waals surface area contributed by atoms with Crippen molar-refractivity contribution in [1.82, 2.24) is 0 Å². The number of hydrogen-bond acceptors (Lipinski definition) is 2. The second-order valence-electron chi connectivity index (χ2n) is 5.59. The Morgan fingerprint density at radius 3 is 2.43 bits per heavy atom. The smallest absolute Gasteiger partial charge is 0.241 e. The molecule has 3 rings (SSSR count). The van der Waals surface area contributed by atoms with Crippen LogP contribution in [0.2, 0.25) is 10.0 Å². The number of aryl methyl sites for hydroxylation is 1. The van der Waals surface area contributed by atoms with Gasteiger partial charge in [-0.25, -0.2) is 0 Å². The maximum Gasteiger partial charge on any atom is 0.241 e. The molecule has 1 saturated heterocycles.